The summed E-state index contributed by atoms with van der Waals surface area (Å²) >= 11 is 3.37. The Bertz CT molecular complexity index is 1470. The lowest BCUT2D eigenvalue weighted by molar-refractivity contribution is -0.112. The highest BCUT2D eigenvalue weighted by Gasteiger charge is 2.14. The van der Waals surface area contributed by atoms with Crippen LogP contribution in [0.3, 0.4) is 0 Å². The first-order chi connectivity index (χ1) is 17.3. The van der Waals surface area contributed by atoms with E-state index in [0.29, 0.717) is 18.0 Å². The van der Waals surface area contributed by atoms with Crippen LogP contribution in [0.1, 0.15) is 22.5 Å². The lowest BCUT2D eigenvalue weighted by Crippen LogP contribution is -2.13. The molecular formula is C29H23BrFN3O2. The smallest absolute Gasteiger partial charge is 0.266 e. The first-order valence-corrected chi connectivity index (χ1v) is 12.0. The minimum Gasteiger partial charge on any atom is -0.489 e. The van der Waals surface area contributed by atoms with Gasteiger partial charge in [0.15, 0.2) is 0 Å². The van der Waals surface area contributed by atoms with Gasteiger partial charge in [0, 0.05) is 27.2 Å². The van der Waals surface area contributed by atoms with Crippen molar-refractivity contribution in [1.82, 2.24) is 4.57 Å². The summed E-state index contributed by atoms with van der Waals surface area (Å²) < 4.78 is 21.8. The zero-order chi connectivity index (χ0) is 25.7. The van der Waals surface area contributed by atoms with Crippen molar-refractivity contribution < 1.29 is 13.9 Å². The number of rotatable bonds is 7. The minimum atomic E-state index is -0.469. The Balaban J connectivity index is 1.51. The number of aryl methyl sites for hydroxylation is 1. The summed E-state index contributed by atoms with van der Waals surface area (Å²) in [6.45, 7) is 4.25. The highest BCUT2D eigenvalue weighted by Crippen LogP contribution is 2.25. The quantitative estimate of drug-likeness (QED) is 0.199. The molecule has 36 heavy (non-hydrogen) atoms. The molecule has 180 valence electrons. The van der Waals surface area contributed by atoms with E-state index in [2.05, 4.69) is 25.8 Å². The minimum absolute atomic E-state index is 0.0137. The second-order valence-electron chi connectivity index (χ2n) is 8.21. The van der Waals surface area contributed by atoms with Crippen molar-refractivity contribution in [3.8, 4) is 17.5 Å². The first kappa shape index (κ1) is 25.0. The van der Waals surface area contributed by atoms with E-state index in [9.17, 15) is 14.4 Å². The molecule has 0 saturated heterocycles. The van der Waals surface area contributed by atoms with Crippen molar-refractivity contribution in [3.63, 3.8) is 0 Å². The van der Waals surface area contributed by atoms with E-state index in [0.717, 1.165) is 32.7 Å². The van der Waals surface area contributed by atoms with E-state index >= 15 is 0 Å². The van der Waals surface area contributed by atoms with Crippen molar-refractivity contribution in [2.24, 2.45) is 0 Å². The number of anilines is 1. The van der Waals surface area contributed by atoms with Crippen molar-refractivity contribution in [2.45, 2.75) is 20.5 Å². The normalized spacial score (nSPS) is 11.1. The molecule has 0 bridgehead atoms. The van der Waals surface area contributed by atoms with Crippen LogP contribution in [0.5, 0.6) is 5.75 Å². The van der Waals surface area contributed by atoms with Gasteiger partial charge in [-0.2, -0.15) is 5.26 Å². The number of halogens is 2. The second kappa shape index (κ2) is 11.1. The average molecular weight is 544 g/mol. The number of carbonyl (C=O) groups is 1. The zero-order valence-electron chi connectivity index (χ0n) is 19.8. The number of aromatic nitrogens is 1. The van der Waals surface area contributed by atoms with Gasteiger partial charge in [0.1, 0.15) is 29.8 Å². The Hall–Kier alpha value is -4.15. The van der Waals surface area contributed by atoms with Gasteiger partial charge in [-0.05, 0) is 91.7 Å². The van der Waals surface area contributed by atoms with Crippen molar-refractivity contribution in [2.75, 3.05) is 5.32 Å². The molecule has 0 atom stereocenters. The van der Waals surface area contributed by atoms with Crippen LogP contribution in [0, 0.1) is 31.0 Å². The van der Waals surface area contributed by atoms with Crippen LogP contribution in [0.25, 0.3) is 11.8 Å². The van der Waals surface area contributed by atoms with Crippen LogP contribution < -0.4 is 10.1 Å². The van der Waals surface area contributed by atoms with Gasteiger partial charge in [-0.1, -0.05) is 34.1 Å². The van der Waals surface area contributed by atoms with Gasteiger partial charge in [0.05, 0.1) is 0 Å². The summed E-state index contributed by atoms with van der Waals surface area (Å²) in [5, 5.41) is 12.4. The molecule has 0 fully saturated rings. The van der Waals surface area contributed by atoms with Crippen LogP contribution in [0.2, 0.25) is 0 Å². The highest BCUT2D eigenvalue weighted by molar-refractivity contribution is 9.10. The van der Waals surface area contributed by atoms with Gasteiger partial charge in [-0.3, -0.25) is 4.79 Å². The molecule has 1 amide bonds. The summed E-state index contributed by atoms with van der Waals surface area (Å²) in [7, 11) is 0. The van der Waals surface area contributed by atoms with E-state index in [1.807, 2.05) is 62.4 Å². The molecule has 0 saturated carbocycles. The molecule has 0 unspecified atom stereocenters. The van der Waals surface area contributed by atoms with E-state index in [1.165, 1.54) is 12.1 Å². The lowest BCUT2D eigenvalue weighted by Gasteiger charge is -2.12. The van der Waals surface area contributed by atoms with Gasteiger partial charge in [0.25, 0.3) is 5.91 Å². The van der Waals surface area contributed by atoms with Gasteiger partial charge >= 0.3 is 0 Å². The van der Waals surface area contributed by atoms with E-state index < -0.39 is 5.91 Å². The molecule has 1 heterocycles. The summed E-state index contributed by atoms with van der Waals surface area (Å²) in [5.41, 5.74) is 5.06. The van der Waals surface area contributed by atoms with Crippen LogP contribution in [0.15, 0.2) is 88.9 Å². The van der Waals surface area contributed by atoms with Gasteiger partial charge in [0.2, 0.25) is 0 Å². The molecule has 0 aliphatic carbocycles. The molecule has 0 radical (unpaired) electrons. The predicted octanol–water partition coefficient (Wildman–Crippen LogP) is 7.12. The number of nitrogens with zero attached hydrogens (tertiary/aromatic N) is 2. The van der Waals surface area contributed by atoms with Gasteiger partial charge in [-0.15, -0.1) is 0 Å². The number of benzene rings is 3. The van der Waals surface area contributed by atoms with Crippen molar-refractivity contribution in [1.29, 1.82) is 5.26 Å². The molecule has 4 aromatic rings. The van der Waals surface area contributed by atoms with Crippen LogP contribution in [-0.4, -0.2) is 10.5 Å². The number of hydrogen-bond acceptors (Lipinski definition) is 3. The summed E-state index contributed by atoms with van der Waals surface area (Å²) in [6.07, 6.45) is 1.60. The molecule has 0 aliphatic heterocycles. The standard InChI is InChI=1S/C29H23BrFN3O2/c1-19-14-22(15-23(17-32)29(35)33-26-5-3-4-24(30)16-26)20(2)34(19)27-10-12-28(13-11-27)36-18-21-6-8-25(31)9-7-21/h3-16H,18H2,1-2H3,(H,33,35)/b23-15-. The Labute approximate surface area is 217 Å². The average Bonchev–Trinajstić information content (AvgIpc) is 3.15. The molecule has 0 aliphatic rings. The number of ether oxygens (including phenoxy) is 1. The molecule has 1 aromatic heterocycles. The highest BCUT2D eigenvalue weighted by atomic mass is 79.9. The monoisotopic (exact) mass is 543 g/mol. The number of amides is 1. The Kier molecular flexibility index (Phi) is 7.67. The molecule has 7 heteroatoms. The SMILES string of the molecule is Cc1cc(/C=C(/C#N)C(=O)Nc2cccc(Br)c2)c(C)n1-c1ccc(OCc2ccc(F)cc2)cc1. The third-order valence-electron chi connectivity index (χ3n) is 5.63. The fourth-order valence-corrected chi connectivity index (χ4v) is 4.24. The summed E-state index contributed by atoms with van der Waals surface area (Å²) in [5.74, 6) is -0.0496. The number of carbonyl (C=O) groups excluding carboxylic acids is 1. The molecule has 0 spiro atoms. The molecule has 4 rings (SSSR count). The maximum Gasteiger partial charge on any atom is 0.266 e. The van der Waals surface area contributed by atoms with Crippen LogP contribution in [-0.2, 0) is 11.4 Å². The number of nitrogens with one attached hydrogen (secondary N) is 1. The van der Waals surface area contributed by atoms with Crippen LogP contribution >= 0.6 is 15.9 Å². The third-order valence-corrected chi connectivity index (χ3v) is 6.12. The van der Waals surface area contributed by atoms with Gasteiger partial charge < -0.3 is 14.6 Å². The van der Waals surface area contributed by atoms with Crippen molar-refractivity contribution >= 4 is 33.6 Å². The second-order valence-corrected chi connectivity index (χ2v) is 9.12. The fraction of sp³-hybridized carbons (Fsp3) is 0.103. The Morgan fingerprint density at radius 2 is 1.81 bits per heavy atom. The number of nitriles is 1. The molecular weight excluding hydrogens is 521 g/mol. The molecule has 5 nitrogen and oxygen atoms in total. The first-order valence-electron chi connectivity index (χ1n) is 11.2. The Morgan fingerprint density at radius 3 is 2.47 bits per heavy atom. The van der Waals surface area contributed by atoms with Crippen LogP contribution in [0.4, 0.5) is 10.1 Å². The van der Waals surface area contributed by atoms with Crippen molar-refractivity contribution in [3.05, 3.63) is 117 Å². The van der Waals surface area contributed by atoms with Gasteiger partial charge in [-0.25, -0.2) is 4.39 Å². The summed E-state index contributed by atoms with van der Waals surface area (Å²) in [4.78, 5) is 12.7. The maximum atomic E-state index is 13.1. The number of hydrogen-bond donors (Lipinski definition) is 1. The van der Waals surface area contributed by atoms with E-state index in [4.69, 9.17) is 4.74 Å². The predicted molar refractivity (Wildman–Crippen MR) is 142 cm³/mol. The summed E-state index contributed by atoms with van der Waals surface area (Å²) in [6, 6.07) is 25.0. The molecule has 1 N–H and O–H groups in total. The largest absolute Gasteiger partial charge is 0.489 e. The third kappa shape index (κ3) is 5.91. The zero-order valence-corrected chi connectivity index (χ0v) is 21.3. The van der Waals surface area contributed by atoms with E-state index in [-0.39, 0.29) is 11.4 Å². The topological polar surface area (TPSA) is 67.0 Å². The maximum absolute atomic E-state index is 13.1. The fourth-order valence-electron chi connectivity index (χ4n) is 3.84. The Morgan fingerprint density at radius 1 is 1.08 bits per heavy atom. The van der Waals surface area contributed by atoms with E-state index in [1.54, 1.807) is 30.3 Å². The lowest BCUT2D eigenvalue weighted by atomic mass is 10.1. The molecule has 3 aromatic carbocycles.